The summed E-state index contributed by atoms with van der Waals surface area (Å²) in [6.45, 7) is 0.202. The number of ether oxygens (including phenoxy) is 2. The van der Waals surface area contributed by atoms with Crippen molar-refractivity contribution >= 4 is 12.1 Å². The van der Waals surface area contributed by atoms with E-state index in [4.69, 9.17) is 9.47 Å². The summed E-state index contributed by atoms with van der Waals surface area (Å²) in [4.78, 5) is 11.8. The smallest absolute Gasteiger partial charge is 0.305 e. The fourth-order valence-corrected chi connectivity index (χ4v) is 1.93. The first-order valence-electron chi connectivity index (χ1n) is 6.71. The molecule has 0 radical (unpaired) electrons. The summed E-state index contributed by atoms with van der Waals surface area (Å²) in [7, 11) is 3.12. The third-order valence-electron chi connectivity index (χ3n) is 2.93. The zero-order chi connectivity index (χ0) is 15.8. The van der Waals surface area contributed by atoms with Crippen LogP contribution in [0.5, 0.6) is 11.5 Å². The molecule has 7 heteroatoms. The van der Waals surface area contributed by atoms with Crippen molar-refractivity contribution < 1.29 is 31.2 Å². The second-order valence-corrected chi connectivity index (χ2v) is 4.42. The summed E-state index contributed by atoms with van der Waals surface area (Å²) < 4.78 is 12.3. The lowest BCUT2D eigenvalue weighted by Gasteiger charge is -2.09. The molecule has 0 aliphatic carbocycles. The van der Waals surface area contributed by atoms with Gasteiger partial charge in [0.2, 0.25) is 6.54 Å². The van der Waals surface area contributed by atoms with Crippen molar-refractivity contribution in [2.75, 3.05) is 14.2 Å². The van der Waals surface area contributed by atoms with E-state index in [1.807, 2.05) is 42.7 Å². The number of carbonyl (C=O) groups is 1. The van der Waals surface area contributed by atoms with E-state index >= 15 is 0 Å². The van der Waals surface area contributed by atoms with E-state index < -0.39 is 0 Å². The van der Waals surface area contributed by atoms with Crippen LogP contribution >= 0.6 is 0 Å². The highest BCUT2D eigenvalue weighted by molar-refractivity contribution is 5.86. The molecular formula is C16H18ClN3O3. The minimum atomic E-state index is -0.214. The van der Waals surface area contributed by atoms with Crippen molar-refractivity contribution in [1.29, 1.82) is 0 Å². The van der Waals surface area contributed by atoms with Gasteiger partial charge in [0.15, 0.2) is 23.9 Å². The monoisotopic (exact) mass is 335 g/mol. The molecule has 0 saturated carbocycles. The molecule has 0 saturated heterocycles. The van der Waals surface area contributed by atoms with Crippen molar-refractivity contribution in [2.24, 2.45) is 5.10 Å². The highest BCUT2D eigenvalue weighted by atomic mass is 35.5. The van der Waals surface area contributed by atoms with E-state index in [0.717, 1.165) is 5.56 Å². The molecule has 0 unspecified atom stereocenters. The number of halogens is 1. The van der Waals surface area contributed by atoms with Gasteiger partial charge in [-0.1, -0.05) is 12.1 Å². The predicted molar refractivity (Wildman–Crippen MR) is 81.9 cm³/mol. The first kappa shape index (κ1) is 18.4. The zero-order valence-corrected chi connectivity index (χ0v) is 13.7. The van der Waals surface area contributed by atoms with Crippen LogP contribution in [0.1, 0.15) is 5.56 Å². The number of rotatable bonds is 6. The van der Waals surface area contributed by atoms with Crippen molar-refractivity contribution in [1.82, 2.24) is 5.43 Å². The number of methoxy groups -OCH3 is 2. The summed E-state index contributed by atoms with van der Waals surface area (Å²) in [6, 6.07) is 11.0. The van der Waals surface area contributed by atoms with Crippen molar-refractivity contribution in [3.63, 3.8) is 0 Å². The van der Waals surface area contributed by atoms with Crippen molar-refractivity contribution in [3.05, 3.63) is 54.4 Å². The van der Waals surface area contributed by atoms with Gasteiger partial charge in [0.1, 0.15) is 0 Å². The lowest BCUT2D eigenvalue weighted by atomic mass is 10.2. The highest BCUT2D eigenvalue weighted by Gasteiger charge is 2.09. The van der Waals surface area contributed by atoms with E-state index in [-0.39, 0.29) is 24.9 Å². The molecule has 0 atom stereocenters. The molecule has 1 N–H and O–H groups in total. The molecule has 0 bridgehead atoms. The van der Waals surface area contributed by atoms with Gasteiger partial charge in [-0.25, -0.2) is 5.43 Å². The van der Waals surface area contributed by atoms with Crippen molar-refractivity contribution in [2.45, 2.75) is 6.54 Å². The largest absolute Gasteiger partial charge is 1.00 e. The summed E-state index contributed by atoms with van der Waals surface area (Å²) in [5, 5.41) is 3.95. The Kier molecular flexibility index (Phi) is 7.56. The molecule has 6 nitrogen and oxygen atoms in total. The molecule has 2 rings (SSSR count). The van der Waals surface area contributed by atoms with Gasteiger partial charge < -0.3 is 21.9 Å². The number of nitrogens with one attached hydrogen (secondary N) is 1. The third kappa shape index (κ3) is 5.27. The first-order valence-corrected chi connectivity index (χ1v) is 6.71. The van der Waals surface area contributed by atoms with Gasteiger partial charge in [0, 0.05) is 17.7 Å². The lowest BCUT2D eigenvalue weighted by Crippen LogP contribution is -3.00. The Morgan fingerprint density at radius 3 is 2.57 bits per heavy atom. The van der Waals surface area contributed by atoms with Crippen LogP contribution in [0.2, 0.25) is 0 Å². The lowest BCUT2D eigenvalue weighted by molar-refractivity contribution is -0.684. The van der Waals surface area contributed by atoms with E-state index in [2.05, 4.69) is 10.5 Å². The van der Waals surface area contributed by atoms with Crippen LogP contribution in [0.25, 0.3) is 0 Å². The number of hydrazone groups is 1. The van der Waals surface area contributed by atoms with Gasteiger partial charge in [-0.2, -0.15) is 9.67 Å². The predicted octanol–water partition coefficient (Wildman–Crippen LogP) is -1.85. The van der Waals surface area contributed by atoms with Crippen LogP contribution in [0, 0.1) is 0 Å². The SMILES string of the molecule is COc1cccc(C=NNC(=O)C[n+]2ccccc2)c1OC.[Cl-]. The van der Waals surface area contributed by atoms with Gasteiger partial charge >= 0.3 is 5.91 Å². The maximum Gasteiger partial charge on any atom is 0.305 e. The Balaban J connectivity index is 0.00000264. The molecule has 1 amide bonds. The minimum Gasteiger partial charge on any atom is -1.00 e. The summed E-state index contributed by atoms with van der Waals surface area (Å²) in [6.07, 6.45) is 5.15. The number of hydrogen-bond acceptors (Lipinski definition) is 4. The van der Waals surface area contributed by atoms with Crippen LogP contribution in [0.15, 0.2) is 53.9 Å². The summed E-state index contributed by atoms with van der Waals surface area (Å²) in [5.74, 6) is 0.965. The van der Waals surface area contributed by atoms with Crippen molar-refractivity contribution in [3.8, 4) is 11.5 Å². The number of amides is 1. The van der Waals surface area contributed by atoms with E-state index in [9.17, 15) is 4.79 Å². The van der Waals surface area contributed by atoms with Gasteiger partial charge in [-0.05, 0) is 12.1 Å². The normalized spacial score (nSPS) is 10.0. The van der Waals surface area contributed by atoms with E-state index in [1.54, 1.807) is 24.9 Å². The molecule has 1 aromatic carbocycles. The van der Waals surface area contributed by atoms with Crippen LogP contribution in [0.4, 0.5) is 0 Å². The molecule has 1 aromatic heterocycles. The standard InChI is InChI=1S/C16H17N3O3.ClH/c1-21-14-8-6-7-13(16(14)22-2)11-17-18-15(20)12-19-9-4-3-5-10-19;/h3-11H,12H2,1-2H3;1H. The average Bonchev–Trinajstić information content (AvgIpc) is 2.55. The fraction of sp³-hybridized carbons (Fsp3) is 0.188. The third-order valence-corrected chi connectivity index (χ3v) is 2.93. The van der Waals surface area contributed by atoms with Gasteiger partial charge in [-0.15, -0.1) is 0 Å². The molecule has 23 heavy (non-hydrogen) atoms. The number of para-hydroxylation sites is 1. The molecule has 122 valence electrons. The average molecular weight is 336 g/mol. The number of carbonyl (C=O) groups excluding carboxylic acids is 1. The molecule has 1 heterocycles. The Bertz CT molecular complexity index is 663. The van der Waals surface area contributed by atoms with Gasteiger partial charge in [-0.3, -0.25) is 4.79 Å². The molecule has 0 spiro atoms. The fourth-order valence-electron chi connectivity index (χ4n) is 1.93. The van der Waals surface area contributed by atoms with E-state index in [1.165, 1.54) is 6.21 Å². The molecule has 0 aliphatic heterocycles. The number of benzene rings is 1. The minimum absolute atomic E-state index is 0. The van der Waals surface area contributed by atoms with Crippen LogP contribution in [-0.4, -0.2) is 26.3 Å². The molecule has 2 aromatic rings. The Labute approximate surface area is 141 Å². The number of pyridine rings is 1. The maximum absolute atomic E-state index is 11.8. The Morgan fingerprint density at radius 2 is 1.91 bits per heavy atom. The molecule has 0 aliphatic rings. The first-order chi connectivity index (χ1) is 10.7. The second-order valence-electron chi connectivity index (χ2n) is 4.42. The maximum atomic E-state index is 11.8. The molecule has 0 fully saturated rings. The number of hydrogen-bond donors (Lipinski definition) is 1. The Hall–Kier alpha value is -2.60. The van der Waals surface area contributed by atoms with E-state index in [0.29, 0.717) is 11.5 Å². The van der Waals surface area contributed by atoms with Crippen LogP contribution in [-0.2, 0) is 11.3 Å². The van der Waals surface area contributed by atoms with Gasteiger partial charge in [0.25, 0.3) is 0 Å². The molecular weight excluding hydrogens is 318 g/mol. The van der Waals surface area contributed by atoms with Gasteiger partial charge in [0.05, 0.1) is 20.4 Å². The zero-order valence-electron chi connectivity index (χ0n) is 12.9. The Morgan fingerprint density at radius 1 is 1.17 bits per heavy atom. The van der Waals surface area contributed by atoms with Crippen LogP contribution in [0.3, 0.4) is 0 Å². The van der Waals surface area contributed by atoms with Crippen LogP contribution < -0.4 is 31.9 Å². The highest BCUT2D eigenvalue weighted by Crippen LogP contribution is 2.29. The summed E-state index contributed by atoms with van der Waals surface area (Å²) in [5.41, 5.74) is 3.20. The number of nitrogens with zero attached hydrogens (tertiary/aromatic N) is 2. The number of aromatic nitrogens is 1. The topological polar surface area (TPSA) is 63.8 Å². The second kappa shape index (κ2) is 9.42. The quantitative estimate of drug-likeness (QED) is 0.383. The summed E-state index contributed by atoms with van der Waals surface area (Å²) >= 11 is 0.